The highest BCUT2D eigenvalue weighted by Gasteiger charge is 2.14. The molecule has 1 amide bonds. The number of amides is 1. The minimum absolute atomic E-state index is 0.187. The van der Waals surface area contributed by atoms with Crippen LogP contribution < -0.4 is 5.32 Å². The van der Waals surface area contributed by atoms with Gasteiger partial charge in [-0.2, -0.15) is 16.3 Å². The topological polar surface area (TPSA) is 80.9 Å². The number of nitrogens with zero attached hydrogens (tertiary/aromatic N) is 3. The largest absolute Gasteiger partial charge is 0.345 e. The molecule has 0 atom stereocenters. The van der Waals surface area contributed by atoms with E-state index in [1.54, 1.807) is 17.4 Å². The van der Waals surface area contributed by atoms with Crippen LogP contribution in [0.5, 0.6) is 0 Å². The highest BCUT2D eigenvalue weighted by molar-refractivity contribution is 7.08. The highest BCUT2D eigenvalue weighted by atomic mass is 32.1. The first kappa shape index (κ1) is 17.1. The Labute approximate surface area is 159 Å². The summed E-state index contributed by atoms with van der Waals surface area (Å²) >= 11 is 1.56. The number of pyridine rings is 1. The third-order valence-electron chi connectivity index (χ3n) is 4.04. The summed E-state index contributed by atoms with van der Waals surface area (Å²) in [6.45, 7) is 2.01. The highest BCUT2D eigenvalue weighted by Crippen LogP contribution is 2.20. The summed E-state index contributed by atoms with van der Waals surface area (Å²) in [5.41, 5.74) is 3.92. The van der Waals surface area contributed by atoms with Gasteiger partial charge in [-0.15, -0.1) is 0 Å². The van der Waals surface area contributed by atoms with E-state index in [-0.39, 0.29) is 12.5 Å². The molecule has 7 heteroatoms. The van der Waals surface area contributed by atoms with Crippen molar-refractivity contribution in [3.63, 3.8) is 0 Å². The zero-order valence-electron chi connectivity index (χ0n) is 14.5. The second-order valence-corrected chi connectivity index (χ2v) is 6.69. The summed E-state index contributed by atoms with van der Waals surface area (Å²) in [6.07, 6.45) is 0. The van der Waals surface area contributed by atoms with Crippen molar-refractivity contribution in [2.75, 3.05) is 0 Å². The van der Waals surface area contributed by atoms with Gasteiger partial charge in [0.2, 0.25) is 0 Å². The minimum atomic E-state index is -0.221. The number of hydrogen-bond donors (Lipinski definition) is 1. The SMILES string of the molecule is Cc1nc(-c2ccccc2)ccc1C(=O)NCc1noc(-c2ccsc2)n1. The third-order valence-corrected chi connectivity index (χ3v) is 4.73. The average molecular weight is 376 g/mol. The number of carbonyl (C=O) groups is 1. The Morgan fingerprint density at radius 1 is 1.07 bits per heavy atom. The van der Waals surface area contributed by atoms with Crippen molar-refractivity contribution in [3.8, 4) is 22.7 Å². The number of rotatable bonds is 5. The normalized spacial score (nSPS) is 10.7. The van der Waals surface area contributed by atoms with Crippen molar-refractivity contribution in [2.24, 2.45) is 0 Å². The Morgan fingerprint density at radius 3 is 2.67 bits per heavy atom. The van der Waals surface area contributed by atoms with Crippen LogP contribution in [0.2, 0.25) is 0 Å². The number of benzene rings is 1. The Balaban J connectivity index is 1.44. The lowest BCUT2D eigenvalue weighted by atomic mass is 10.1. The molecule has 0 radical (unpaired) electrons. The van der Waals surface area contributed by atoms with Crippen molar-refractivity contribution in [1.82, 2.24) is 20.4 Å². The Kier molecular flexibility index (Phi) is 4.76. The molecule has 4 rings (SSSR count). The van der Waals surface area contributed by atoms with Gasteiger partial charge < -0.3 is 9.84 Å². The first-order chi connectivity index (χ1) is 13.2. The van der Waals surface area contributed by atoms with E-state index in [2.05, 4.69) is 20.4 Å². The Bertz CT molecular complexity index is 1060. The van der Waals surface area contributed by atoms with Gasteiger partial charge in [0.05, 0.1) is 29.1 Å². The molecule has 4 aromatic rings. The summed E-state index contributed by atoms with van der Waals surface area (Å²) < 4.78 is 5.22. The van der Waals surface area contributed by atoms with E-state index < -0.39 is 0 Å². The molecule has 0 unspecified atom stereocenters. The summed E-state index contributed by atoms with van der Waals surface area (Å²) in [4.78, 5) is 21.3. The first-order valence-corrected chi connectivity index (χ1v) is 9.31. The number of aromatic nitrogens is 3. The summed E-state index contributed by atoms with van der Waals surface area (Å²) in [6, 6.07) is 15.4. The molecule has 6 nitrogen and oxygen atoms in total. The van der Waals surface area contributed by atoms with Crippen LogP contribution in [-0.2, 0) is 6.54 Å². The monoisotopic (exact) mass is 376 g/mol. The van der Waals surface area contributed by atoms with Crippen LogP contribution in [-0.4, -0.2) is 21.0 Å². The third kappa shape index (κ3) is 3.78. The molecule has 0 spiro atoms. The molecule has 1 N–H and O–H groups in total. The predicted molar refractivity (Wildman–Crippen MR) is 103 cm³/mol. The van der Waals surface area contributed by atoms with E-state index in [1.807, 2.05) is 60.1 Å². The fourth-order valence-electron chi connectivity index (χ4n) is 2.65. The van der Waals surface area contributed by atoms with Gasteiger partial charge >= 0.3 is 0 Å². The van der Waals surface area contributed by atoms with Gasteiger partial charge in [-0.25, -0.2) is 0 Å². The zero-order chi connectivity index (χ0) is 18.6. The van der Waals surface area contributed by atoms with Crippen LogP contribution in [0.15, 0.2) is 63.8 Å². The number of aryl methyl sites for hydroxylation is 1. The van der Waals surface area contributed by atoms with Crippen molar-refractivity contribution < 1.29 is 9.32 Å². The number of thiophene rings is 1. The summed E-state index contributed by atoms with van der Waals surface area (Å²) in [7, 11) is 0. The second kappa shape index (κ2) is 7.51. The Hall–Kier alpha value is -3.32. The van der Waals surface area contributed by atoms with Crippen molar-refractivity contribution in [1.29, 1.82) is 0 Å². The van der Waals surface area contributed by atoms with Gasteiger partial charge in [0.1, 0.15) is 0 Å². The van der Waals surface area contributed by atoms with Crippen molar-refractivity contribution in [3.05, 3.63) is 76.4 Å². The van der Waals surface area contributed by atoms with Crippen molar-refractivity contribution >= 4 is 17.2 Å². The Morgan fingerprint density at radius 2 is 1.93 bits per heavy atom. The number of carbonyl (C=O) groups excluding carboxylic acids is 1. The quantitative estimate of drug-likeness (QED) is 0.567. The van der Waals surface area contributed by atoms with Gasteiger partial charge in [-0.3, -0.25) is 9.78 Å². The number of hydrogen-bond acceptors (Lipinski definition) is 6. The van der Waals surface area contributed by atoms with Crippen LogP contribution in [0, 0.1) is 6.92 Å². The molecular weight excluding hydrogens is 360 g/mol. The lowest BCUT2D eigenvalue weighted by Gasteiger charge is -2.08. The molecule has 134 valence electrons. The maximum Gasteiger partial charge on any atom is 0.258 e. The average Bonchev–Trinajstić information content (AvgIpc) is 3.38. The maximum atomic E-state index is 12.5. The van der Waals surface area contributed by atoms with Crippen LogP contribution in [0.1, 0.15) is 21.9 Å². The van der Waals surface area contributed by atoms with E-state index >= 15 is 0 Å². The smallest absolute Gasteiger partial charge is 0.258 e. The van der Waals surface area contributed by atoms with E-state index in [0.29, 0.717) is 23.0 Å². The fraction of sp³-hybridized carbons (Fsp3) is 0.100. The molecule has 3 aromatic heterocycles. The van der Waals surface area contributed by atoms with E-state index in [9.17, 15) is 4.79 Å². The molecule has 0 bridgehead atoms. The molecule has 1 aromatic carbocycles. The van der Waals surface area contributed by atoms with Gasteiger partial charge in [0, 0.05) is 10.9 Å². The zero-order valence-corrected chi connectivity index (χ0v) is 15.4. The maximum absolute atomic E-state index is 12.5. The molecule has 0 aliphatic heterocycles. The molecular formula is C20H16N4O2S. The van der Waals surface area contributed by atoms with Gasteiger partial charge in [0.25, 0.3) is 11.8 Å². The lowest BCUT2D eigenvalue weighted by molar-refractivity contribution is 0.0948. The molecule has 0 fully saturated rings. The molecule has 0 aliphatic carbocycles. The van der Waals surface area contributed by atoms with Crippen LogP contribution >= 0.6 is 11.3 Å². The number of nitrogens with one attached hydrogen (secondary N) is 1. The molecule has 27 heavy (non-hydrogen) atoms. The minimum Gasteiger partial charge on any atom is -0.345 e. The molecule has 0 saturated carbocycles. The molecule has 3 heterocycles. The van der Waals surface area contributed by atoms with E-state index in [0.717, 1.165) is 16.8 Å². The summed E-state index contributed by atoms with van der Waals surface area (Å²) in [5, 5.41) is 10.6. The van der Waals surface area contributed by atoms with Crippen molar-refractivity contribution in [2.45, 2.75) is 13.5 Å². The van der Waals surface area contributed by atoms with E-state index in [1.165, 1.54) is 0 Å². The first-order valence-electron chi connectivity index (χ1n) is 8.37. The van der Waals surface area contributed by atoms with E-state index in [4.69, 9.17) is 4.52 Å². The second-order valence-electron chi connectivity index (χ2n) is 5.91. The predicted octanol–water partition coefficient (Wildman–Crippen LogP) is 4.10. The van der Waals surface area contributed by atoms with Gasteiger partial charge in [-0.1, -0.05) is 35.5 Å². The molecule has 0 aliphatic rings. The van der Waals surface area contributed by atoms with Crippen LogP contribution in [0.4, 0.5) is 0 Å². The lowest BCUT2D eigenvalue weighted by Crippen LogP contribution is -2.24. The molecule has 0 saturated heterocycles. The van der Waals surface area contributed by atoms with Gasteiger partial charge in [-0.05, 0) is 30.5 Å². The van der Waals surface area contributed by atoms with Gasteiger partial charge in [0.15, 0.2) is 5.82 Å². The van der Waals surface area contributed by atoms with Crippen LogP contribution in [0.25, 0.3) is 22.7 Å². The standard InChI is InChI=1S/C20H16N4O2S/c1-13-16(7-8-17(22-13)14-5-3-2-4-6-14)19(25)21-11-18-23-20(26-24-18)15-9-10-27-12-15/h2-10,12H,11H2,1H3,(H,21,25). The summed E-state index contributed by atoms with van der Waals surface area (Å²) in [5.74, 6) is 0.656. The van der Waals surface area contributed by atoms with Crippen LogP contribution in [0.3, 0.4) is 0 Å². The fourth-order valence-corrected chi connectivity index (χ4v) is 3.28.